The summed E-state index contributed by atoms with van der Waals surface area (Å²) in [5.41, 5.74) is 1.34. The van der Waals surface area contributed by atoms with Crippen LogP contribution in [0.4, 0.5) is 0 Å². The molecule has 116 valence electrons. The van der Waals surface area contributed by atoms with E-state index < -0.39 is 0 Å². The fourth-order valence-corrected chi connectivity index (χ4v) is 2.30. The fraction of sp³-hybridized carbons (Fsp3) is 0.600. The van der Waals surface area contributed by atoms with Crippen LogP contribution in [-0.4, -0.2) is 43.7 Å². The van der Waals surface area contributed by atoms with Gasteiger partial charge in [0.15, 0.2) is 0 Å². The van der Waals surface area contributed by atoms with E-state index in [-0.39, 0.29) is 24.8 Å². The lowest BCUT2D eigenvalue weighted by molar-refractivity contribution is 0.132. The molecule has 1 aromatic rings. The van der Waals surface area contributed by atoms with Gasteiger partial charge >= 0.3 is 0 Å². The minimum Gasteiger partial charge on any atom is -0.492 e. The van der Waals surface area contributed by atoms with Crippen LogP contribution in [0.3, 0.4) is 0 Å². The highest BCUT2D eigenvalue weighted by Gasteiger charge is 2.16. The van der Waals surface area contributed by atoms with Gasteiger partial charge in [-0.3, -0.25) is 4.90 Å². The number of hydrogen-bond donors (Lipinski definition) is 1. The molecule has 1 N–H and O–H groups in total. The molecule has 3 nitrogen and oxygen atoms in total. The highest BCUT2D eigenvalue weighted by atomic mass is 35.5. The van der Waals surface area contributed by atoms with E-state index in [0.717, 1.165) is 45.0 Å². The molecule has 1 unspecified atom stereocenters. The van der Waals surface area contributed by atoms with Crippen LogP contribution >= 0.6 is 24.8 Å². The summed E-state index contributed by atoms with van der Waals surface area (Å²) >= 11 is 0. The van der Waals surface area contributed by atoms with Gasteiger partial charge in [-0.05, 0) is 31.0 Å². The van der Waals surface area contributed by atoms with Crippen molar-refractivity contribution in [2.45, 2.75) is 26.3 Å². The molecule has 1 aromatic carbocycles. The first-order valence-corrected chi connectivity index (χ1v) is 6.96. The van der Waals surface area contributed by atoms with Gasteiger partial charge in [-0.2, -0.15) is 0 Å². The molecule has 1 heterocycles. The van der Waals surface area contributed by atoms with Crippen molar-refractivity contribution in [3.8, 4) is 5.75 Å². The van der Waals surface area contributed by atoms with Crippen LogP contribution in [0.5, 0.6) is 5.75 Å². The van der Waals surface area contributed by atoms with Gasteiger partial charge in [0, 0.05) is 32.2 Å². The SMILES string of the molecule is CCc1cccc(OCC(C)N2CCNCC2)c1.Cl.Cl. The maximum Gasteiger partial charge on any atom is 0.119 e. The smallest absolute Gasteiger partial charge is 0.119 e. The van der Waals surface area contributed by atoms with Crippen LogP contribution in [0.15, 0.2) is 24.3 Å². The molecule has 1 fully saturated rings. The van der Waals surface area contributed by atoms with Crippen LogP contribution in [0.2, 0.25) is 0 Å². The summed E-state index contributed by atoms with van der Waals surface area (Å²) in [6.07, 6.45) is 1.06. The predicted octanol–water partition coefficient (Wildman–Crippen LogP) is 2.77. The molecule has 2 rings (SSSR count). The number of piperazine rings is 1. The van der Waals surface area contributed by atoms with Crippen molar-refractivity contribution in [3.05, 3.63) is 29.8 Å². The molecule has 0 amide bonds. The van der Waals surface area contributed by atoms with Crippen molar-refractivity contribution < 1.29 is 4.74 Å². The highest BCUT2D eigenvalue weighted by Crippen LogP contribution is 2.14. The van der Waals surface area contributed by atoms with Crippen molar-refractivity contribution in [2.75, 3.05) is 32.8 Å². The lowest BCUT2D eigenvalue weighted by Gasteiger charge is -2.32. The van der Waals surface area contributed by atoms with Gasteiger partial charge in [-0.1, -0.05) is 19.1 Å². The number of ether oxygens (including phenoxy) is 1. The Labute approximate surface area is 134 Å². The molecule has 1 aliphatic rings. The van der Waals surface area contributed by atoms with E-state index in [1.807, 2.05) is 6.07 Å². The summed E-state index contributed by atoms with van der Waals surface area (Å²) in [5, 5.41) is 3.38. The molecule has 0 aromatic heterocycles. The zero-order valence-corrected chi connectivity index (χ0v) is 13.9. The molecule has 0 spiro atoms. The number of nitrogens with one attached hydrogen (secondary N) is 1. The second-order valence-electron chi connectivity index (χ2n) is 4.95. The van der Waals surface area contributed by atoms with Gasteiger partial charge in [-0.25, -0.2) is 0 Å². The van der Waals surface area contributed by atoms with E-state index in [0.29, 0.717) is 6.04 Å². The summed E-state index contributed by atoms with van der Waals surface area (Å²) in [4.78, 5) is 2.49. The molecule has 5 heteroatoms. The van der Waals surface area contributed by atoms with Crippen LogP contribution in [0.25, 0.3) is 0 Å². The van der Waals surface area contributed by atoms with Crippen LogP contribution in [-0.2, 0) is 6.42 Å². The van der Waals surface area contributed by atoms with Crippen LogP contribution < -0.4 is 10.1 Å². The molecule has 0 aliphatic carbocycles. The predicted molar refractivity (Wildman–Crippen MR) is 89.7 cm³/mol. The Morgan fingerprint density at radius 3 is 2.60 bits per heavy atom. The highest BCUT2D eigenvalue weighted by molar-refractivity contribution is 5.85. The number of rotatable bonds is 5. The lowest BCUT2D eigenvalue weighted by atomic mass is 10.2. The Hall–Kier alpha value is -0.480. The third kappa shape index (κ3) is 5.88. The third-order valence-corrected chi connectivity index (χ3v) is 3.57. The summed E-state index contributed by atoms with van der Waals surface area (Å²) in [7, 11) is 0. The van der Waals surface area contributed by atoms with E-state index in [1.165, 1.54) is 5.56 Å². The second kappa shape index (κ2) is 10.3. The lowest BCUT2D eigenvalue weighted by Crippen LogP contribution is -2.49. The van der Waals surface area contributed by atoms with Crippen molar-refractivity contribution in [2.24, 2.45) is 0 Å². The molecule has 1 aliphatic heterocycles. The molecule has 1 atom stereocenters. The fourth-order valence-electron chi connectivity index (χ4n) is 2.30. The van der Waals surface area contributed by atoms with Crippen molar-refractivity contribution in [1.29, 1.82) is 0 Å². The molecule has 0 bridgehead atoms. The summed E-state index contributed by atoms with van der Waals surface area (Å²) in [5.74, 6) is 0.997. The normalized spacial score (nSPS) is 16.7. The molecular weight excluding hydrogens is 295 g/mol. The maximum absolute atomic E-state index is 5.90. The van der Waals surface area contributed by atoms with E-state index in [4.69, 9.17) is 4.74 Å². The average Bonchev–Trinajstić information content (AvgIpc) is 2.46. The standard InChI is InChI=1S/C15H24N2O.2ClH/c1-3-14-5-4-6-15(11-14)18-12-13(2)17-9-7-16-8-10-17;;/h4-6,11,13,16H,3,7-10,12H2,1-2H3;2*1H. The van der Waals surface area contributed by atoms with Gasteiger partial charge in [0.2, 0.25) is 0 Å². The van der Waals surface area contributed by atoms with E-state index in [2.05, 4.69) is 42.3 Å². The number of benzene rings is 1. The summed E-state index contributed by atoms with van der Waals surface area (Å²) in [6, 6.07) is 8.89. The van der Waals surface area contributed by atoms with E-state index in [1.54, 1.807) is 0 Å². The molecular formula is C15H26Cl2N2O. The van der Waals surface area contributed by atoms with Crippen LogP contribution in [0, 0.1) is 0 Å². The number of halogens is 2. The first kappa shape index (κ1) is 19.5. The van der Waals surface area contributed by atoms with Gasteiger partial charge in [0.1, 0.15) is 12.4 Å². The van der Waals surface area contributed by atoms with Crippen LogP contribution in [0.1, 0.15) is 19.4 Å². The average molecular weight is 321 g/mol. The first-order chi connectivity index (χ1) is 8.79. The van der Waals surface area contributed by atoms with Crippen molar-refractivity contribution >= 4 is 24.8 Å². The third-order valence-electron chi connectivity index (χ3n) is 3.57. The van der Waals surface area contributed by atoms with E-state index >= 15 is 0 Å². The molecule has 1 saturated heterocycles. The van der Waals surface area contributed by atoms with Gasteiger partial charge < -0.3 is 10.1 Å². The van der Waals surface area contributed by atoms with Gasteiger partial charge in [-0.15, -0.1) is 24.8 Å². The quantitative estimate of drug-likeness (QED) is 0.902. The molecule has 0 saturated carbocycles. The van der Waals surface area contributed by atoms with E-state index in [9.17, 15) is 0 Å². The number of hydrogen-bond acceptors (Lipinski definition) is 3. The summed E-state index contributed by atoms with van der Waals surface area (Å²) in [6.45, 7) is 9.62. The number of nitrogens with zero attached hydrogens (tertiary/aromatic N) is 1. The Morgan fingerprint density at radius 1 is 1.25 bits per heavy atom. The summed E-state index contributed by atoms with van der Waals surface area (Å²) < 4.78 is 5.90. The zero-order valence-electron chi connectivity index (χ0n) is 12.3. The Morgan fingerprint density at radius 2 is 1.95 bits per heavy atom. The first-order valence-electron chi connectivity index (χ1n) is 6.96. The van der Waals surface area contributed by atoms with Gasteiger partial charge in [0.25, 0.3) is 0 Å². The minimum absolute atomic E-state index is 0. The Kier molecular flexibility index (Phi) is 10.0. The number of aryl methyl sites for hydroxylation is 1. The maximum atomic E-state index is 5.90. The second-order valence-corrected chi connectivity index (χ2v) is 4.95. The minimum atomic E-state index is 0. The zero-order chi connectivity index (χ0) is 12.8. The largest absolute Gasteiger partial charge is 0.492 e. The molecule has 20 heavy (non-hydrogen) atoms. The Bertz CT molecular complexity index is 371. The molecule has 0 radical (unpaired) electrons. The van der Waals surface area contributed by atoms with Gasteiger partial charge in [0.05, 0.1) is 0 Å². The van der Waals surface area contributed by atoms with Crippen molar-refractivity contribution in [1.82, 2.24) is 10.2 Å². The monoisotopic (exact) mass is 320 g/mol. The topological polar surface area (TPSA) is 24.5 Å². The Balaban J connectivity index is 0.00000180. The van der Waals surface area contributed by atoms with Crippen molar-refractivity contribution in [3.63, 3.8) is 0 Å².